The van der Waals surface area contributed by atoms with Crippen molar-refractivity contribution in [1.29, 1.82) is 0 Å². The van der Waals surface area contributed by atoms with E-state index in [1.165, 1.54) is 0 Å². The molecular weight excluding hydrogens is 455 g/mol. The number of allylic oxidation sites excluding steroid dienone is 1. The summed E-state index contributed by atoms with van der Waals surface area (Å²) < 4.78 is 25.1. The van der Waals surface area contributed by atoms with Crippen LogP contribution in [0.3, 0.4) is 0 Å². The maximum Gasteiger partial charge on any atom is 0.150 e. The smallest absolute Gasteiger partial charge is 0.150 e. The average molecular weight is 487 g/mol. The van der Waals surface area contributed by atoms with E-state index < -0.39 is 0 Å². The van der Waals surface area contributed by atoms with Gasteiger partial charge < -0.3 is 20.3 Å². The number of likely N-dealkylation sites (tertiary alicyclic amines) is 1. The van der Waals surface area contributed by atoms with Gasteiger partial charge in [0.2, 0.25) is 0 Å². The number of halogens is 1. The van der Waals surface area contributed by atoms with E-state index in [0.29, 0.717) is 12.3 Å². The van der Waals surface area contributed by atoms with Crippen molar-refractivity contribution in [3.05, 3.63) is 89.5 Å². The molecule has 0 aromatic heterocycles. The first kappa shape index (κ1) is 23.9. The van der Waals surface area contributed by atoms with Crippen LogP contribution in [0.1, 0.15) is 35.3 Å². The minimum Gasteiger partial charge on any atom is -0.508 e. The third-order valence-electron chi connectivity index (χ3n) is 7.02. The summed E-state index contributed by atoms with van der Waals surface area (Å²) in [5, 5.41) is 9.85. The van der Waals surface area contributed by atoms with Crippen LogP contribution in [0.4, 0.5) is 10.1 Å². The van der Waals surface area contributed by atoms with Gasteiger partial charge in [-0.3, -0.25) is 9.29 Å². The van der Waals surface area contributed by atoms with Crippen molar-refractivity contribution in [1.82, 2.24) is 4.90 Å². The second-order valence-electron chi connectivity index (χ2n) is 9.43. The number of alkyl halides is 1. The molecule has 3 aromatic carbocycles. The summed E-state index contributed by atoms with van der Waals surface area (Å²) in [7, 11) is 0. The van der Waals surface area contributed by atoms with Crippen LogP contribution >= 0.6 is 0 Å². The number of nitrogen functional groups attached to an aromatic ring is 1. The van der Waals surface area contributed by atoms with Crippen LogP contribution in [0, 0.1) is 5.92 Å². The topological polar surface area (TPSA) is 68.0 Å². The molecule has 1 fully saturated rings. The number of hydrogen-bond acceptors (Lipinski definition) is 5. The number of hydrogen-bond donors (Lipinski definition) is 2. The number of nitrogens with zero attached hydrogens (tertiary/aromatic N) is 1. The molecule has 0 spiro atoms. The van der Waals surface area contributed by atoms with Crippen LogP contribution in [0.15, 0.2) is 67.2 Å². The molecule has 1 atom stereocenters. The molecule has 6 heteroatoms. The molecule has 2 aliphatic rings. The fourth-order valence-corrected chi connectivity index (χ4v) is 5.07. The molecule has 186 valence electrons. The van der Waals surface area contributed by atoms with Gasteiger partial charge in [-0.15, -0.1) is 0 Å². The van der Waals surface area contributed by atoms with Gasteiger partial charge in [0, 0.05) is 47.9 Å². The van der Waals surface area contributed by atoms with E-state index in [0.717, 1.165) is 64.5 Å². The van der Waals surface area contributed by atoms with Crippen LogP contribution in [-0.2, 0) is 0 Å². The van der Waals surface area contributed by atoms with E-state index in [9.17, 15) is 9.50 Å². The van der Waals surface area contributed by atoms with Gasteiger partial charge >= 0.3 is 0 Å². The molecule has 2 aliphatic heterocycles. The number of anilines is 1. The molecule has 1 unspecified atom stereocenters. The molecule has 0 bridgehead atoms. The Bertz CT molecular complexity index is 1280. The van der Waals surface area contributed by atoms with Gasteiger partial charge in [0.15, 0.2) is 0 Å². The van der Waals surface area contributed by atoms with Crippen LogP contribution in [-0.4, -0.2) is 42.9 Å². The van der Waals surface area contributed by atoms with Crippen molar-refractivity contribution in [2.75, 3.05) is 38.6 Å². The molecule has 0 aliphatic carbocycles. The van der Waals surface area contributed by atoms with E-state index in [-0.39, 0.29) is 24.4 Å². The molecule has 2 heterocycles. The lowest BCUT2D eigenvalue weighted by molar-refractivity contribution is 0.0668. The largest absolute Gasteiger partial charge is 0.508 e. The van der Waals surface area contributed by atoms with Crippen LogP contribution < -0.4 is 15.2 Å². The highest BCUT2D eigenvalue weighted by Gasteiger charge is 2.31. The number of nitrogens with two attached hydrogens (primary N) is 1. The van der Waals surface area contributed by atoms with Crippen LogP contribution in [0.2, 0.25) is 0 Å². The first-order chi connectivity index (χ1) is 17.5. The molecule has 0 radical (unpaired) electrons. The normalized spacial score (nSPS) is 17.8. The number of ether oxygens (including phenoxy) is 2. The quantitative estimate of drug-likeness (QED) is 0.385. The Hall–Kier alpha value is -3.77. The average Bonchev–Trinajstić information content (AvgIpc) is 2.86. The van der Waals surface area contributed by atoms with Gasteiger partial charge in [-0.2, -0.15) is 0 Å². The van der Waals surface area contributed by atoms with Crippen molar-refractivity contribution in [3.63, 3.8) is 0 Å². The zero-order chi connectivity index (χ0) is 25.2. The van der Waals surface area contributed by atoms with Crippen molar-refractivity contribution < 1.29 is 19.0 Å². The highest BCUT2D eigenvalue weighted by Crippen LogP contribution is 2.49. The van der Waals surface area contributed by atoms with E-state index in [1.807, 2.05) is 48.5 Å². The molecule has 5 nitrogen and oxygen atoms in total. The summed E-state index contributed by atoms with van der Waals surface area (Å²) in [5.74, 6) is 1.93. The summed E-state index contributed by atoms with van der Waals surface area (Å²) in [6, 6.07) is 18.9. The molecule has 0 amide bonds. The molecule has 0 saturated carbocycles. The van der Waals surface area contributed by atoms with Gasteiger partial charge in [-0.05, 0) is 60.0 Å². The maximum atomic E-state index is 12.6. The summed E-state index contributed by atoms with van der Waals surface area (Å²) >= 11 is 0. The van der Waals surface area contributed by atoms with E-state index in [2.05, 4.69) is 18.4 Å². The number of aromatic hydroxyl groups is 1. The standard InChI is InChI=1S/C30H31FN2O3/c1-3-25-26(32)12-13-27-29(25)19(2)28(21-4-8-23(34)9-5-21)30(36-27)22-6-10-24(11-7-22)35-15-14-33-17-20(16-31)18-33/h3-13,20,30,34H,1,14-18,32H2,2H3. The number of phenolic OH excluding ortho intramolecular Hbond substituents is 1. The highest BCUT2D eigenvalue weighted by molar-refractivity contribution is 5.99. The lowest BCUT2D eigenvalue weighted by atomic mass is 9.84. The SMILES string of the molecule is C=Cc1c(N)ccc2c1C(C)=C(c1ccc(O)cc1)C(c1ccc(OCCN3CC(CF)C3)cc1)O2. The molecule has 3 aromatic rings. The lowest BCUT2D eigenvalue weighted by Gasteiger charge is -2.37. The third-order valence-corrected chi connectivity index (χ3v) is 7.02. The Morgan fingerprint density at radius 1 is 1.11 bits per heavy atom. The molecule has 3 N–H and O–H groups in total. The summed E-state index contributed by atoms with van der Waals surface area (Å²) in [5.41, 5.74) is 12.7. The van der Waals surface area contributed by atoms with Crippen molar-refractivity contribution >= 4 is 22.9 Å². The number of phenols is 1. The highest BCUT2D eigenvalue weighted by atomic mass is 19.1. The monoisotopic (exact) mass is 486 g/mol. The first-order valence-corrected chi connectivity index (χ1v) is 12.2. The van der Waals surface area contributed by atoms with E-state index in [4.69, 9.17) is 15.2 Å². The summed E-state index contributed by atoms with van der Waals surface area (Å²) in [6.07, 6.45) is 1.41. The lowest BCUT2D eigenvalue weighted by Crippen LogP contribution is -2.49. The summed E-state index contributed by atoms with van der Waals surface area (Å²) in [4.78, 5) is 2.20. The zero-order valence-electron chi connectivity index (χ0n) is 20.4. The summed E-state index contributed by atoms with van der Waals surface area (Å²) in [6.45, 7) is 8.77. The third kappa shape index (κ3) is 4.56. The van der Waals surface area contributed by atoms with Gasteiger partial charge in [0.05, 0.1) is 6.67 Å². The Morgan fingerprint density at radius 3 is 2.50 bits per heavy atom. The molecular formula is C30H31FN2O3. The Labute approximate surface area is 211 Å². The van der Waals surface area contributed by atoms with Crippen LogP contribution in [0.5, 0.6) is 17.2 Å². The van der Waals surface area contributed by atoms with Crippen molar-refractivity contribution in [2.45, 2.75) is 13.0 Å². The van der Waals surface area contributed by atoms with Crippen molar-refractivity contribution in [3.8, 4) is 17.2 Å². The zero-order valence-corrected chi connectivity index (χ0v) is 20.4. The van der Waals surface area contributed by atoms with Gasteiger partial charge in [-0.25, -0.2) is 0 Å². The Kier molecular flexibility index (Phi) is 6.70. The van der Waals surface area contributed by atoms with Gasteiger partial charge in [0.1, 0.15) is 30.0 Å². The Morgan fingerprint density at radius 2 is 1.83 bits per heavy atom. The predicted octanol–water partition coefficient (Wildman–Crippen LogP) is 5.96. The predicted molar refractivity (Wildman–Crippen MR) is 143 cm³/mol. The fourth-order valence-electron chi connectivity index (χ4n) is 5.07. The Balaban J connectivity index is 1.42. The molecule has 1 saturated heterocycles. The maximum absolute atomic E-state index is 12.6. The second kappa shape index (κ2) is 10.1. The second-order valence-corrected chi connectivity index (χ2v) is 9.43. The van der Waals surface area contributed by atoms with E-state index in [1.54, 1.807) is 18.2 Å². The van der Waals surface area contributed by atoms with E-state index >= 15 is 0 Å². The number of fused-ring (bicyclic) bond motifs is 1. The molecule has 5 rings (SSSR count). The number of benzene rings is 3. The van der Waals surface area contributed by atoms with Gasteiger partial charge in [0.25, 0.3) is 0 Å². The minimum absolute atomic E-state index is 0.184. The minimum atomic E-state index is -0.351. The van der Waals surface area contributed by atoms with Gasteiger partial charge in [-0.1, -0.05) is 36.9 Å². The fraction of sp³-hybridized carbons (Fsp3) is 0.267. The first-order valence-electron chi connectivity index (χ1n) is 12.2. The van der Waals surface area contributed by atoms with Crippen molar-refractivity contribution in [2.24, 2.45) is 5.92 Å². The van der Waals surface area contributed by atoms with Crippen LogP contribution in [0.25, 0.3) is 17.2 Å². The molecule has 36 heavy (non-hydrogen) atoms. The number of rotatable bonds is 8.